The number of hydrogen-bond donors (Lipinski definition) is 8. The third kappa shape index (κ3) is 12.4. The molecule has 0 rings (SSSR count). The van der Waals surface area contributed by atoms with E-state index in [9.17, 15) is 39.0 Å². The summed E-state index contributed by atoms with van der Waals surface area (Å²) in [6.45, 7) is 1.20. The molecule has 0 aromatic carbocycles. The molecule has 3 amide bonds. The predicted octanol–water partition coefficient (Wildman–Crippen LogP) is -2.28. The molecule has 0 saturated heterocycles. The fraction of sp³-hybridized carbons (Fsp3) is 0.684. The largest absolute Gasteiger partial charge is 0.481 e. The van der Waals surface area contributed by atoms with Crippen molar-refractivity contribution in [3.8, 4) is 0 Å². The molecule has 0 heterocycles. The number of carbonyl (C=O) groups is 6. The second kappa shape index (κ2) is 15.8. The molecule has 0 saturated carbocycles. The first-order valence-electron chi connectivity index (χ1n) is 10.3. The Kier molecular flexibility index (Phi) is 14.5. The number of aliphatic hydroxyl groups is 1. The summed E-state index contributed by atoms with van der Waals surface area (Å²) in [5.41, 5.74) is 5.61. The van der Waals surface area contributed by atoms with E-state index >= 15 is 0 Å². The van der Waals surface area contributed by atoms with E-state index in [-0.39, 0.29) is 25.7 Å². The Hall–Kier alpha value is -2.91. The number of carboxylic acid groups (broad SMARTS) is 3. The summed E-state index contributed by atoms with van der Waals surface area (Å²) in [7, 11) is 0. The Balaban J connectivity index is 5.36. The van der Waals surface area contributed by atoms with Gasteiger partial charge in [0.15, 0.2) is 0 Å². The van der Waals surface area contributed by atoms with Crippen LogP contribution in [0, 0.1) is 0 Å². The molecule has 0 spiro atoms. The second-order valence-electron chi connectivity index (χ2n) is 7.44. The van der Waals surface area contributed by atoms with E-state index in [1.54, 1.807) is 6.26 Å². The highest BCUT2D eigenvalue weighted by Crippen LogP contribution is 2.06. The molecule has 0 aliphatic rings. The quantitative estimate of drug-likeness (QED) is 0.103. The molecule has 0 aliphatic carbocycles. The predicted molar refractivity (Wildman–Crippen MR) is 120 cm³/mol. The average Bonchev–Trinajstić information content (AvgIpc) is 2.74. The summed E-state index contributed by atoms with van der Waals surface area (Å²) in [4.78, 5) is 70.3. The summed E-state index contributed by atoms with van der Waals surface area (Å²) in [6.07, 6.45) is -1.08. The summed E-state index contributed by atoms with van der Waals surface area (Å²) < 4.78 is 0. The van der Waals surface area contributed by atoms with E-state index in [1.807, 2.05) is 0 Å². The topological polar surface area (TPSA) is 245 Å². The Labute approximate surface area is 200 Å². The van der Waals surface area contributed by atoms with Crippen LogP contribution in [-0.2, 0) is 28.8 Å². The summed E-state index contributed by atoms with van der Waals surface area (Å²) in [5, 5.41) is 43.4. The van der Waals surface area contributed by atoms with Gasteiger partial charge in [0.05, 0.1) is 12.1 Å². The molecule has 194 valence electrons. The first-order chi connectivity index (χ1) is 15.8. The van der Waals surface area contributed by atoms with Crippen LogP contribution in [0.15, 0.2) is 0 Å². The summed E-state index contributed by atoms with van der Waals surface area (Å²) >= 11 is 1.34. The molecule has 0 aromatic heterocycles. The minimum absolute atomic E-state index is 0.0720. The number of amides is 3. The van der Waals surface area contributed by atoms with Gasteiger partial charge in [-0.15, -0.1) is 0 Å². The third-order valence-electron chi connectivity index (χ3n) is 4.57. The molecule has 14 nitrogen and oxygen atoms in total. The van der Waals surface area contributed by atoms with Crippen LogP contribution in [0.3, 0.4) is 0 Å². The third-order valence-corrected chi connectivity index (χ3v) is 5.22. The average molecular weight is 509 g/mol. The number of hydrogen-bond acceptors (Lipinski definition) is 9. The van der Waals surface area contributed by atoms with E-state index in [2.05, 4.69) is 16.0 Å². The van der Waals surface area contributed by atoms with Gasteiger partial charge in [0, 0.05) is 12.8 Å². The van der Waals surface area contributed by atoms with Gasteiger partial charge in [0.1, 0.15) is 18.1 Å². The lowest BCUT2D eigenvalue weighted by molar-refractivity contribution is -0.143. The van der Waals surface area contributed by atoms with Crippen molar-refractivity contribution in [2.45, 2.75) is 69.3 Å². The van der Waals surface area contributed by atoms with Gasteiger partial charge >= 0.3 is 17.9 Å². The van der Waals surface area contributed by atoms with Crippen LogP contribution >= 0.6 is 11.8 Å². The minimum atomic E-state index is -1.53. The van der Waals surface area contributed by atoms with E-state index < -0.39 is 72.3 Å². The second-order valence-corrected chi connectivity index (χ2v) is 8.43. The van der Waals surface area contributed by atoms with Crippen LogP contribution in [0.4, 0.5) is 0 Å². The zero-order valence-electron chi connectivity index (χ0n) is 18.9. The molecule has 0 aromatic rings. The number of carbonyl (C=O) groups excluding carboxylic acids is 3. The Morgan fingerprint density at radius 3 is 1.79 bits per heavy atom. The highest BCUT2D eigenvalue weighted by atomic mass is 32.2. The van der Waals surface area contributed by atoms with Crippen LogP contribution in [0.25, 0.3) is 0 Å². The van der Waals surface area contributed by atoms with Gasteiger partial charge in [0.2, 0.25) is 17.7 Å². The van der Waals surface area contributed by atoms with Gasteiger partial charge in [-0.05, 0) is 38.2 Å². The van der Waals surface area contributed by atoms with Crippen molar-refractivity contribution in [3.63, 3.8) is 0 Å². The number of carboxylic acids is 3. The highest BCUT2D eigenvalue weighted by molar-refractivity contribution is 7.98. The van der Waals surface area contributed by atoms with Crippen molar-refractivity contribution in [1.82, 2.24) is 16.0 Å². The molecule has 9 N–H and O–H groups in total. The van der Waals surface area contributed by atoms with Crippen LogP contribution in [0.5, 0.6) is 0 Å². The van der Waals surface area contributed by atoms with Crippen molar-refractivity contribution in [2.75, 3.05) is 12.0 Å². The lowest BCUT2D eigenvalue weighted by Gasteiger charge is -2.26. The minimum Gasteiger partial charge on any atom is -0.481 e. The maximum absolute atomic E-state index is 12.7. The van der Waals surface area contributed by atoms with Gasteiger partial charge in [-0.2, -0.15) is 11.8 Å². The number of nitrogens with two attached hydrogens (primary N) is 1. The van der Waals surface area contributed by atoms with Gasteiger partial charge in [-0.3, -0.25) is 24.0 Å². The number of aliphatic hydroxyl groups excluding tert-OH is 1. The van der Waals surface area contributed by atoms with Gasteiger partial charge < -0.3 is 42.1 Å². The van der Waals surface area contributed by atoms with Gasteiger partial charge in [0.25, 0.3) is 0 Å². The zero-order chi connectivity index (χ0) is 26.4. The Morgan fingerprint density at radius 2 is 1.32 bits per heavy atom. The molecule has 0 aliphatic heterocycles. The van der Waals surface area contributed by atoms with Crippen molar-refractivity contribution in [1.29, 1.82) is 0 Å². The van der Waals surface area contributed by atoms with Gasteiger partial charge in [-0.1, -0.05) is 0 Å². The standard InChI is InChI=1S/C19H32N4O10S/c1-9(24)15(23-16(29)10(20)3-5-13(25)26)18(31)21-11(7-8-34-2)17(30)22-12(19(32)33)4-6-14(27)28/h9-12,15,24H,3-8,20H2,1-2H3,(H,21,31)(H,22,30)(H,23,29)(H,25,26)(H,27,28)(H,32,33). The fourth-order valence-corrected chi connectivity index (χ4v) is 3.11. The zero-order valence-corrected chi connectivity index (χ0v) is 19.7. The van der Waals surface area contributed by atoms with E-state index in [1.165, 1.54) is 18.7 Å². The first-order valence-corrected chi connectivity index (χ1v) is 11.7. The summed E-state index contributed by atoms with van der Waals surface area (Å²) in [5.74, 6) is -6.19. The van der Waals surface area contributed by atoms with Crippen LogP contribution < -0.4 is 21.7 Å². The molecule has 15 heteroatoms. The van der Waals surface area contributed by atoms with Crippen LogP contribution in [0.1, 0.15) is 39.0 Å². The number of nitrogens with one attached hydrogen (secondary N) is 3. The fourth-order valence-electron chi connectivity index (χ4n) is 2.64. The molecular formula is C19H32N4O10S. The van der Waals surface area contributed by atoms with Crippen LogP contribution in [-0.4, -0.2) is 98.3 Å². The molecule has 34 heavy (non-hydrogen) atoms. The first kappa shape index (κ1) is 31.1. The highest BCUT2D eigenvalue weighted by Gasteiger charge is 2.32. The van der Waals surface area contributed by atoms with E-state index in [0.717, 1.165) is 0 Å². The smallest absolute Gasteiger partial charge is 0.326 e. The van der Waals surface area contributed by atoms with Crippen molar-refractivity contribution in [3.05, 3.63) is 0 Å². The normalized spacial score (nSPS) is 15.2. The maximum Gasteiger partial charge on any atom is 0.326 e. The van der Waals surface area contributed by atoms with Crippen molar-refractivity contribution in [2.24, 2.45) is 5.73 Å². The molecule has 0 fully saturated rings. The van der Waals surface area contributed by atoms with Crippen molar-refractivity contribution >= 4 is 47.4 Å². The molecular weight excluding hydrogens is 476 g/mol. The Morgan fingerprint density at radius 1 is 0.794 bits per heavy atom. The van der Waals surface area contributed by atoms with Crippen LogP contribution in [0.2, 0.25) is 0 Å². The lowest BCUT2D eigenvalue weighted by atomic mass is 10.1. The lowest BCUT2D eigenvalue weighted by Crippen LogP contribution is -2.59. The van der Waals surface area contributed by atoms with Gasteiger partial charge in [-0.25, -0.2) is 4.79 Å². The number of rotatable bonds is 17. The maximum atomic E-state index is 12.7. The number of aliphatic carboxylic acids is 3. The van der Waals surface area contributed by atoms with E-state index in [4.69, 9.17) is 15.9 Å². The molecule has 0 bridgehead atoms. The van der Waals surface area contributed by atoms with E-state index in [0.29, 0.717) is 5.75 Å². The SMILES string of the molecule is CSCCC(NC(=O)C(NC(=O)C(N)CCC(=O)O)C(C)O)C(=O)NC(CCC(=O)O)C(=O)O. The van der Waals surface area contributed by atoms with Crippen molar-refractivity contribution < 1.29 is 49.2 Å². The monoisotopic (exact) mass is 508 g/mol. The molecule has 5 atom stereocenters. The Bertz CT molecular complexity index is 749. The molecule has 0 radical (unpaired) electrons. The molecule has 5 unspecified atom stereocenters. The summed E-state index contributed by atoms with van der Waals surface area (Å²) in [6, 6.07) is -5.54. The number of thioether (sulfide) groups is 1.